The third-order valence-electron chi connectivity index (χ3n) is 4.10. The standard InChI is InChI=1S/C19H20N2O/c1-12(2)21-17-11-14(4)13(3)10-16(17)18(20-19(21)22)15-8-6-5-7-9-15/h5-12H,1-4H3. The van der Waals surface area contributed by atoms with Gasteiger partial charge in [-0.2, -0.15) is 4.98 Å². The Morgan fingerprint density at radius 1 is 1.00 bits per heavy atom. The van der Waals surface area contributed by atoms with Crippen LogP contribution in [0.3, 0.4) is 0 Å². The molecule has 0 saturated heterocycles. The molecule has 3 heteroatoms. The van der Waals surface area contributed by atoms with E-state index in [-0.39, 0.29) is 11.7 Å². The highest BCUT2D eigenvalue weighted by Gasteiger charge is 2.14. The first-order chi connectivity index (χ1) is 10.5. The molecule has 1 heterocycles. The lowest BCUT2D eigenvalue weighted by atomic mass is 10.0. The van der Waals surface area contributed by atoms with Gasteiger partial charge < -0.3 is 0 Å². The van der Waals surface area contributed by atoms with Crippen LogP contribution in [0.15, 0.2) is 47.3 Å². The second-order valence-electron chi connectivity index (χ2n) is 6.03. The zero-order valence-electron chi connectivity index (χ0n) is 13.4. The summed E-state index contributed by atoms with van der Waals surface area (Å²) in [5.41, 5.74) is 4.90. The van der Waals surface area contributed by atoms with Crippen LogP contribution >= 0.6 is 0 Å². The second kappa shape index (κ2) is 5.41. The number of rotatable bonds is 2. The first kappa shape index (κ1) is 14.5. The van der Waals surface area contributed by atoms with Crippen molar-refractivity contribution in [1.82, 2.24) is 9.55 Å². The number of nitrogens with zero attached hydrogens (tertiary/aromatic N) is 2. The fourth-order valence-electron chi connectivity index (χ4n) is 2.82. The first-order valence-electron chi connectivity index (χ1n) is 7.58. The van der Waals surface area contributed by atoms with Crippen molar-refractivity contribution in [1.29, 1.82) is 0 Å². The Morgan fingerprint density at radius 3 is 2.27 bits per heavy atom. The predicted octanol–water partition coefficient (Wildman–Crippen LogP) is 4.26. The fraction of sp³-hybridized carbons (Fsp3) is 0.263. The van der Waals surface area contributed by atoms with Gasteiger partial charge >= 0.3 is 5.69 Å². The minimum Gasteiger partial charge on any atom is -0.289 e. The summed E-state index contributed by atoms with van der Waals surface area (Å²) < 4.78 is 1.77. The minimum atomic E-state index is -0.190. The van der Waals surface area contributed by atoms with E-state index in [2.05, 4.69) is 31.0 Å². The molecule has 0 fully saturated rings. The second-order valence-corrected chi connectivity index (χ2v) is 6.03. The van der Waals surface area contributed by atoms with E-state index < -0.39 is 0 Å². The maximum Gasteiger partial charge on any atom is 0.348 e. The van der Waals surface area contributed by atoms with Crippen molar-refractivity contribution in [2.75, 3.05) is 0 Å². The van der Waals surface area contributed by atoms with Crippen LogP contribution in [0.4, 0.5) is 0 Å². The Labute approximate surface area is 130 Å². The maximum atomic E-state index is 12.5. The van der Waals surface area contributed by atoms with Crippen LogP contribution in [-0.4, -0.2) is 9.55 Å². The van der Waals surface area contributed by atoms with Crippen molar-refractivity contribution in [2.45, 2.75) is 33.7 Å². The summed E-state index contributed by atoms with van der Waals surface area (Å²) in [6.45, 7) is 8.20. The van der Waals surface area contributed by atoms with E-state index in [0.717, 1.165) is 22.2 Å². The summed E-state index contributed by atoms with van der Waals surface area (Å²) >= 11 is 0. The van der Waals surface area contributed by atoms with Crippen LogP contribution in [0.25, 0.3) is 22.2 Å². The van der Waals surface area contributed by atoms with Gasteiger partial charge in [0, 0.05) is 17.0 Å². The van der Waals surface area contributed by atoms with Gasteiger partial charge in [-0.05, 0) is 51.0 Å². The summed E-state index contributed by atoms with van der Waals surface area (Å²) in [5.74, 6) is 0. The normalized spacial score (nSPS) is 11.3. The Hall–Kier alpha value is -2.42. The van der Waals surface area contributed by atoms with Crippen molar-refractivity contribution in [3.8, 4) is 11.3 Å². The van der Waals surface area contributed by atoms with E-state index in [9.17, 15) is 4.79 Å². The summed E-state index contributed by atoms with van der Waals surface area (Å²) in [5, 5.41) is 1.03. The third kappa shape index (κ3) is 2.33. The predicted molar refractivity (Wildman–Crippen MR) is 91.3 cm³/mol. The van der Waals surface area contributed by atoms with E-state index >= 15 is 0 Å². The fourth-order valence-corrected chi connectivity index (χ4v) is 2.82. The lowest BCUT2D eigenvalue weighted by Gasteiger charge is -2.17. The number of benzene rings is 2. The quantitative estimate of drug-likeness (QED) is 0.707. The SMILES string of the molecule is Cc1cc2c(-c3ccccc3)nc(=O)n(C(C)C)c2cc1C. The molecular formula is C19H20N2O. The van der Waals surface area contributed by atoms with E-state index in [1.54, 1.807) is 4.57 Å². The van der Waals surface area contributed by atoms with Crippen LogP contribution < -0.4 is 5.69 Å². The average molecular weight is 292 g/mol. The highest BCUT2D eigenvalue weighted by atomic mass is 16.1. The monoisotopic (exact) mass is 292 g/mol. The van der Waals surface area contributed by atoms with Gasteiger partial charge in [0.05, 0.1) is 11.2 Å². The van der Waals surface area contributed by atoms with E-state index in [1.165, 1.54) is 11.1 Å². The molecule has 0 radical (unpaired) electrons. The summed E-state index contributed by atoms with van der Waals surface area (Å²) in [4.78, 5) is 16.9. The van der Waals surface area contributed by atoms with Gasteiger partial charge in [-0.3, -0.25) is 4.57 Å². The van der Waals surface area contributed by atoms with E-state index in [4.69, 9.17) is 0 Å². The van der Waals surface area contributed by atoms with Gasteiger partial charge in [0.15, 0.2) is 0 Å². The van der Waals surface area contributed by atoms with Crippen molar-refractivity contribution >= 4 is 10.9 Å². The van der Waals surface area contributed by atoms with Gasteiger partial charge in [0.1, 0.15) is 0 Å². The Bertz CT molecular complexity index is 893. The van der Waals surface area contributed by atoms with Crippen LogP contribution in [-0.2, 0) is 0 Å². The van der Waals surface area contributed by atoms with Gasteiger partial charge in [-0.1, -0.05) is 30.3 Å². The van der Waals surface area contributed by atoms with Gasteiger partial charge in [0.2, 0.25) is 0 Å². The molecular weight excluding hydrogens is 272 g/mol. The smallest absolute Gasteiger partial charge is 0.289 e. The molecule has 3 aromatic rings. The molecule has 1 aromatic heterocycles. The molecule has 0 N–H and O–H groups in total. The Balaban J connectivity index is 2.48. The van der Waals surface area contributed by atoms with Crippen LogP contribution in [0, 0.1) is 13.8 Å². The molecule has 2 aromatic carbocycles. The molecule has 0 atom stereocenters. The molecule has 0 amide bonds. The van der Waals surface area contributed by atoms with Crippen molar-refractivity contribution < 1.29 is 0 Å². The lowest BCUT2D eigenvalue weighted by Crippen LogP contribution is -2.25. The van der Waals surface area contributed by atoms with Crippen LogP contribution in [0.5, 0.6) is 0 Å². The number of hydrogen-bond donors (Lipinski definition) is 0. The maximum absolute atomic E-state index is 12.5. The molecule has 0 aliphatic rings. The lowest BCUT2D eigenvalue weighted by molar-refractivity contribution is 0.587. The molecule has 3 rings (SSSR count). The van der Waals surface area contributed by atoms with Gasteiger partial charge in [-0.15, -0.1) is 0 Å². The van der Waals surface area contributed by atoms with Crippen molar-refractivity contribution in [3.63, 3.8) is 0 Å². The third-order valence-corrected chi connectivity index (χ3v) is 4.10. The molecule has 3 nitrogen and oxygen atoms in total. The first-order valence-corrected chi connectivity index (χ1v) is 7.58. The number of aromatic nitrogens is 2. The summed E-state index contributed by atoms with van der Waals surface area (Å²) in [6.07, 6.45) is 0. The summed E-state index contributed by atoms with van der Waals surface area (Å²) in [7, 11) is 0. The van der Waals surface area contributed by atoms with Gasteiger partial charge in [-0.25, -0.2) is 4.79 Å². The van der Waals surface area contributed by atoms with Crippen LogP contribution in [0.1, 0.15) is 31.0 Å². The largest absolute Gasteiger partial charge is 0.348 e. The Morgan fingerprint density at radius 2 is 1.64 bits per heavy atom. The van der Waals surface area contributed by atoms with E-state index in [1.807, 2.05) is 44.2 Å². The molecule has 0 bridgehead atoms. The highest BCUT2D eigenvalue weighted by Crippen LogP contribution is 2.28. The zero-order chi connectivity index (χ0) is 15.9. The molecule has 0 unspecified atom stereocenters. The molecule has 0 aliphatic heterocycles. The highest BCUT2D eigenvalue weighted by molar-refractivity contribution is 5.93. The molecule has 0 aliphatic carbocycles. The number of aryl methyl sites for hydroxylation is 2. The molecule has 22 heavy (non-hydrogen) atoms. The number of hydrogen-bond acceptors (Lipinski definition) is 2. The van der Waals surface area contributed by atoms with Crippen molar-refractivity contribution in [3.05, 3.63) is 64.1 Å². The Kier molecular flexibility index (Phi) is 3.57. The summed E-state index contributed by atoms with van der Waals surface area (Å²) in [6, 6.07) is 14.2. The van der Waals surface area contributed by atoms with Crippen LogP contribution in [0.2, 0.25) is 0 Å². The molecule has 0 saturated carbocycles. The van der Waals surface area contributed by atoms with E-state index in [0.29, 0.717) is 0 Å². The van der Waals surface area contributed by atoms with Crippen molar-refractivity contribution in [2.24, 2.45) is 0 Å². The zero-order valence-corrected chi connectivity index (χ0v) is 13.4. The number of fused-ring (bicyclic) bond motifs is 1. The molecule has 0 spiro atoms. The molecule has 112 valence electrons. The average Bonchev–Trinajstić information content (AvgIpc) is 2.49. The topological polar surface area (TPSA) is 34.9 Å². The minimum absolute atomic E-state index is 0.0782. The van der Waals surface area contributed by atoms with Gasteiger partial charge in [0.25, 0.3) is 0 Å².